The van der Waals surface area contributed by atoms with E-state index in [1.807, 2.05) is 30.5 Å². The van der Waals surface area contributed by atoms with Gasteiger partial charge in [0.15, 0.2) is 11.5 Å². The van der Waals surface area contributed by atoms with Gasteiger partial charge in [0, 0.05) is 28.5 Å². The summed E-state index contributed by atoms with van der Waals surface area (Å²) < 4.78 is 16.2. The average molecular weight is 347 g/mol. The van der Waals surface area contributed by atoms with Gasteiger partial charge in [-0.2, -0.15) is 0 Å². The first-order valence-corrected chi connectivity index (χ1v) is 7.79. The lowest BCUT2D eigenvalue weighted by Gasteiger charge is -2.17. The molecule has 3 rings (SSSR count). The van der Waals surface area contributed by atoms with Gasteiger partial charge in [0.05, 0.1) is 27.0 Å². The van der Waals surface area contributed by atoms with Crippen LogP contribution in [0.15, 0.2) is 30.5 Å². The molecule has 0 aliphatic heterocycles. The molecule has 0 fully saturated rings. The summed E-state index contributed by atoms with van der Waals surface area (Å²) in [6, 6.07) is 7.63. The quantitative estimate of drug-likeness (QED) is 0.684. The number of anilines is 1. The van der Waals surface area contributed by atoms with Crippen LogP contribution in [0.4, 0.5) is 5.69 Å². The molecule has 0 atom stereocenters. The van der Waals surface area contributed by atoms with E-state index in [1.165, 1.54) is 0 Å². The van der Waals surface area contributed by atoms with Crippen LogP contribution in [0.25, 0.3) is 10.9 Å². The molecule has 0 unspecified atom stereocenters. The van der Waals surface area contributed by atoms with Crippen LogP contribution in [-0.2, 0) is 6.42 Å². The van der Waals surface area contributed by atoms with Crippen molar-refractivity contribution in [3.05, 3.63) is 46.6 Å². The number of nitrogens with two attached hydrogens (primary N) is 1. The van der Waals surface area contributed by atoms with Crippen molar-refractivity contribution >= 4 is 28.2 Å². The van der Waals surface area contributed by atoms with Gasteiger partial charge in [0.1, 0.15) is 0 Å². The maximum Gasteiger partial charge on any atom is 0.205 e. The summed E-state index contributed by atoms with van der Waals surface area (Å²) in [7, 11) is 4.70. The average Bonchev–Trinajstić information content (AvgIpc) is 2.98. The third-order valence-electron chi connectivity index (χ3n) is 4.06. The molecule has 1 aromatic heterocycles. The number of aromatic amines is 1. The highest BCUT2D eigenvalue weighted by Gasteiger charge is 2.19. The number of methoxy groups -OCH3 is 3. The van der Waals surface area contributed by atoms with Crippen molar-refractivity contribution in [1.29, 1.82) is 0 Å². The monoisotopic (exact) mass is 346 g/mol. The highest BCUT2D eigenvalue weighted by Crippen LogP contribution is 2.44. The lowest BCUT2D eigenvalue weighted by molar-refractivity contribution is 0.325. The Bertz CT molecular complexity index is 890. The molecule has 0 saturated heterocycles. The molecule has 3 aromatic rings. The predicted octanol–water partition coefficient (Wildman–Crippen LogP) is 4.02. The van der Waals surface area contributed by atoms with E-state index in [4.69, 9.17) is 31.5 Å². The molecule has 0 amide bonds. The fourth-order valence-electron chi connectivity index (χ4n) is 2.88. The van der Waals surface area contributed by atoms with E-state index in [2.05, 4.69) is 4.98 Å². The second kappa shape index (κ2) is 6.53. The Morgan fingerprint density at radius 2 is 1.75 bits per heavy atom. The minimum absolute atomic E-state index is 0.477. The van der Waals surface area contributed by atoms with Gasteiger partial charge in [-0.05, 0) is 35.4 Å². The van der Waals surface area contributed by atoms with Gasteiger partial charge < -0.3 is 24.9 Å². The van der Waals surface area contributed by atoms with Crippen LogP contribution in [0, 0.1) is 0 Å². The Balaban J connectivity index is 2.10. The molecule has 6 heteroatoms. The van der Waals surface area contributed by atoms with Gasteiger partial charge in [0.2, 0.25) is 5.75 Å². The van der Waals surface area contributed by atoms with Crippen molar-refractivity contribution in [2.75, 3.05) is 27.1 Å². The van der Waals surface area contributed by atoms with Crippen molar-refractivity contribution in [2.24, 2.45) is 0 Å². The summed E-state index contributed by atoms with van der Waals surface area (Å²) in [5.41, 5.74) is 9.83. The molecule has 24 heavy (non-hydrogen) atoms. The summed E-state index contributed by atoms with van der Waals surface area (Å²) in [6.45, 7) is 0. The lowest BCUT2D eigenvalue weighted by Crippen LogP contribution is -2.03. The molecule has 0 aliphatic carbocycles. The number of H-pyrrole nitrogens is 1. The molecule has 0 radical (unpaired) electrons. The fraction of sp³-hybridized carbons (Fsp3) is 0.222. The molecule has 0 saturated carbocycles. The third-order valence-corrected chi connectivity index (χ3v) is 4.30. The van der Waals surface area contributed by atoms with Gasteiger partial charge in [0.25, 0.3) is 0 Å². The zero-order valence-electron chi connectivity index (χ0n) is 13.8. The van der Waals surface area contributed by atoms with Crippen LogP contribution >= 0.6 is 11.6 Å². The first kappa shape index (κ1) is 16.3. The number of aromatic nitrogens is 1. The largest absolute Gasteiger partial charge is 0.493 e. The normalized spacial score (nSPS) is 10.8. The van der Waals surface area contributed by atoms with Crippen LogP contribution in [0.3, 0.4) is 0 Å². The van der Waals surface area contributed by atoms with Crippen LogP contribution in [0.1, 0.15) is 11.1 Å². The molecule has 126 valence electrons. The molecular weight excluding hydrogens is 328 g/mol. The van der Waals surface area contributed by atoms with Crippen molar-refractivity contribution in [2.45, 2.75) is 6.42 Å². The zero-order chi connectivity index (χ0) is 17.3. The number of nitrogen functional groups attached to an aromatic ring is 1. The first-order chi connectivity index (χ1) is 11.6. The Morgan fingerprint density at radius 1 is 1.00 bits per heavy atom. The van der Waals surface area contributed by atoms with Crippen molar-refractivity contribution < 1.29 is 14.2 Å². The number of benzene rings is 2. The number of rotatable bonds is 5. The lowest BCUT2D eigenvalue weighted by atomic mass is 10.0. The number of ether oxygens (including phenoxy) is 3. The summed E-state index contributed by atoms with van der Waals surface area (Å²) in [5, 5.41) is 1.76. The highest BCUT2D eigenvalue weighted by atomic mass is 35.5. The zero-order valence-corrected chi connectivity index (χ0v) is 14.5. The second-order valence-corrected chi connectivity index (χ2v) is 5.84. The standard InChI is InChI=1S/C18H19ClN2O3/c1-22-15-7-10(16(20)18(24-3)17(15)23-2)6-11-9-21-14-5-4-12(19)8-13(11)14/h4-5,7-9,21H,6,20H2,1-3H3. The molecule has 0 spiro atoms. The van der Waals surface area contributed by atoms with E-state index in [1.54, 1.807) is 21.3 Å². The number of hydrogen-bond acceptors (Lipinski definition) is 4. The van der Waals surface area contributed by atoms with Crippen molar-refractivity contribution in [1.82, 2.24) is 4.98 Å². The maximum atomic E-state index is 6.29. The number of hydrogen-bond donors (Lipinski definition) is 2. The van der Waals surface area contributed by atoms with Crippen LogP contribution in [-0.4, -0.2) is 26.3 Å². The Labute approximate surface area is 145 Å². The highest BCUT2D eigenvalue weighted by molar-refractivity contribution is 6.31. The SMILES string of the molecule is COc1cc(Cc2c[nH]c3ccc(Cl)cc23)c(N)c(OC)c1OC. The second-order valence-electron chi connectivity index (χ2n) is 5.40. The van der Waals surface area contributed by atoms with Crippen molar-refractivity contribution in [3.63, 3.8) is 0 Å². The van der Waals surface area contributed by atoms with E-state index in [0.717, 1.165) is 22.0 Å². The van der Waals surface area contributed by atoms with Gasteiger partial charge in [-0.3, -0.25) is 0 Å². The molecule has 3 N–H and O–H groups in total. The Hall–Kier alpha value is -2.53. The smallest absolute Gasteiger partial charge is 0.205 e. The van der Waals surface area contributed by atoms with Gasteiger partial charge in [-0.1, -0.05) is 11.6 Å². The topological polar surface area (TPSA) is 69.5 Å². The van der Waals surface area contributed by atoms with Crippen LogP contribution < -0.4 is 19.9 Å². The molecule has 0 aliphatic rings. The van der Waals surface area contributed by atoms with E-state index in [0.29, 0.717) is 34.4 Å². The van der Waals surface area contributed by atoms with Crippen LogP contribution in [0.2, 0.25) is 5.02 Å². The van der Waals surface area contributed by atoms with Gasteiger partial charge in [-0.25, -0.2) is 0 Å². The third kappa shape index (κ3) is 2.71. The number of fused-ring (bicyclic) bond motifs is 1. The fourth-order valence-corrected chi connectivity index (χ4v) is 3.05. The minimum atomic E-state index is 0.477. The minimum Gasteiger partial charge on any atom is -0.493 e. The summed E-state index contributed by atoms with van der Waals surface area (Å²) in [6.07, 6.45) is 2.58. The molecule has 5 nitrogen and oxygen atoms in total. The summed E-state index contributed by atoms with van der Waals surface area (Å²) in [4.78, 5) is 3.25. The number of halogens is 1. The van der Waals surface area contributed by atoms with Crippen molar-refractivity contribution in [3.8, 4) is 17.2 Å². The maximum absolute atomic E-state index is 6.29. The van der Waals surface area contributed by atoms with Gasteiger partial charge in [-0.15, -0.1) is 0 Å². The molecule has 0 bridgehead atoms. The number of nitrogens with one attached hydrogen (secondary N) is 1. The van der Waals surface area contributed by atoms with E-state index < -0.39 is 0 Å². The summed E-state index contributed by atoms with van der Waals surface area (Å²) in [5.74, 6) is 1.55. The van der Waals surface area contributed by atoms with E-state index >= 15 is 0 Å². The molecule has 2 aromatic carbocycles. The van der Waals surface area contributed by atoms with E-state index in [9.17, 15) is 0 Å². The first-order valence-electron chi connectivity index (χ1n) is 7.41. The molecule has 1 heterocycles. The van der Waals surface area contributed by atoms with E-state index in [-0.39, 0.29) is 0 Å². The summed E-state index contributed by atoms with van der Waals surface area (Å²) >= 11 is 6.12. The van der Waals surface area contributed by atoms with Gasteiger partial charge >= 0.3 is 0 Å². The van der Waals surface area contributed by atoms with Crippen LogP contribution in [0.5, 0.6) is 17.2 Å². The Morgan fingerprint density at radius 3 is 2.42 bits per heavy atom. The Kier molecular flexibility index (Phi) is 4.44. The molecular formula is C18H19ClN2O3. The predicted molar refractivity (Wildman–Crippen MR) is 96.6 cm³/mol.